The van der Waals surface area contributed by atoms with Crippen molar-refractivity contribution in [2.75, 3.05) is 18.6 Å². The van der Waals surface area contributed by atoms with E-state index in [-0.39, 0.29) is 17.7 Å². The number of carbonyl (C=O) groups excluding carboxylic acids is 1. The van der Waals surface area contributed by atoms with E-state index in [2.05, 4.69) is 9.97 Å². The SMILES string of the molecule is COC(=O)C1CCCCN1c1cnc(C#N)cn1. The van der Waals surface area contributed by atoms with E-state index in [9.17, 15) is 4.79 Å². The molecule has 0 amide bonds. The molecule has 2 rings (SSSR count). The number of aromatic nitrogens is 2. The highest BCUT2D eigenvalue weighted by molar-refractivity contribution is 5.79. The van der Waals surface area contributed by atoms with E-state index in [1.165, 1.54) is 19.5 Å². The Morgan fingerprint density at radius 1 is 1.50 bits per heavy atom. The number of rotatable bonds is 2. The van der Waals surface area contributed by atoms with Gasteiger partial charge in [-0.2, -0.15) is 5.26 Å². The van der Waals surface area contributed by atoms with Gasteiger partial charge in [0, 0.05) is 6.54 Å². The molecule has 1 fully saturated rings. The van der Waals surface area contributed by atoms with Crippen LogP contribution in [0.2, 0.25) is 0 Å². The van der Waals surface area contributed by atoms with Crippen molar-refractivity contribution in [1.29, 1.82) is 5.26 Å². The van der Waals surface area contributed by atoms with Crippen molar-refractivity contribution in [2.24, 2.45) is 0 Å². The third kappa shape index (κ3) is 2.40. The number of ether oxygens (including phenoxy) is 1. The molecule has 6 heteroatoms. The molecule has 1 aromatic rings. The molecule has 1 atom stereocenters. The first-order chi connectivity index (χ1) is 8.76. The molecule has 94 valence electrons. The van der Waals surface area contributed by atoms with Crippen LogP contribution in [-0.2, 0) is 9.53 Å². The van der Waals surface area contributed by atoms with Gasteiger partial charge < -0.3 is 9.64 Å². The Hall–Kier alpha value is -2.16. The lowest BCUT2D eigenvalue weighted by Crippen LogP contribution is -2.45. The van der Waals surface area contributed by atoms with Crippen molar-refractivity contribution in [3.8, 4) is 6.07 Å². The van der Waals surface area contributed by atoms with Crippen molar-refractivity contribution in [1.82, 2.24) is 9.97 Å². The van der Waals surface area contributed by atoms with Crippen molar-refractivity contribution in [3.05, 3.63) is 18.1 Å². The lowest BCUT2D eigenvalue weighted by Gasteiger charge is -2.34. The maximum atomic E-state index is 11.7. The van der Waals surface area contributed by atoms with Crippen LogP contribution in [-0.4, -0.2) is 35.6 Å². The first-order valence-corrected chi connectivity index (χ1v) is 5.83. The number of hydrogen-bond acceptors (Lipinski definition) is 6. The van der Waals surface area contributed by atoms with Gasteiger partial charge in [0.1, 0.15) is 17.9 Å². The molecule has 1 unspecified atom stereocenters. The highest BCUT2D eigenvalue weighted by atomic mass is 16.5. The van der Waals surface area contributed by atoms with Gasteiger partial charge in [-0.15, -0.1) is 0 Å². The number of piperidine rings is 1. The average Bonchev–Trinajstić information content (AvgIpc) is 2.46. The molecule has 1 saturated heterocycles. The highest BCUT2D eigenvalue weighted by Crippen LogP contribution is 2.23. The minimum atomic E-state index is -0.300. The Morgan fingerprint density at radius 3 is 2.94 bits per heavy atom. The molecular weight excluding hydrogens is 232 g/mol. The maximum absolute atomic E-state index is 11.7. The Labute approximate surface area is 105 Å². The molecule has 0 aliphatic carbocycles. The summed E-state index contributed by atoms with van der Waals surface area (Å²) in [6.07, 6.45) is 5.71. The smallest absolute Gasteiger partial charge is 0.328 e. The van der Waals surface area contributed by atoms with Crippen LogP contribution in [0.4, 0.5) is 5.82 Å². The quantitative estimate of drug-likeness (QED) is 0.721. The van der Waals surface area contributed by atoms with E-state index in [4.69, 9.17) is 10.00 Å². The number of esters is 1. The molecule has 18 heavy (non-hydrogen) atoms. The zero-order valence-corrected chi connectivity index (χ0v) is 10.2. The average molecular weight is 246 g/mol. The zero-order valence-electron chi connectivity index (χ0n) is 10.2. The molecule has 0 bridgehead atoms. The van der Waals surface area contributed by atoms with Crippen LogP contribution in [0.25, 0.3) is 0 Å². The van der Waals surface area contributed by atoms with E-state index in [0.717, 1.165) is 25.8 Å². The van der Waals surface area contributed by atoms with Gasteiger partial charge in [-0.1, -0.05) is 0 Å². The van der Waals surface area contributed by atoms with Crippen LogP contribution in [0.3, 0.4) is 0 Å². The van der Waals surface area contributed by atoms with Crippen LogP contribution < -0.4 is 4.90 Å². The summed E-state index contributed by atoms with van der Waals surface area (Å²) in [5.41, 5.74) is 0.269. The predicted molar refractivity (Wildman–Crippen MR) is 63.7 cm³/mol. The fourth-order valence-corrected chi connectivity index (χ4v) is 2.11. The molecule has 6 nitrogen and oxygen atoms in total. The Kier molecular flexibility index (Phi) is 3.72. The first kappa shape index (κ1) is 12.3. The van der Waals surface area contributed by atoms with Gasteiger partial charge >= 0.3 is 5.97 Å². The van der Waals surface area contributed by atoms with Crippen molar-refractivity contribution in [3.63, 3.8) is 0 Å². The van der Waals surface area contributed by atoms with Crippen LogP contribution >= 0.6 is 0 Å². The van der Waals surface area contributed by atoms with E-state index < -0.39 is 0 Å². The molecule has 0 radical (unpaired) electrons. The summed E-state index contributed by atoms with van der Waals surface area (Å²) >= 11 is 0. The van der Waals surface area contributed by atoms with E-state index in [1.54, 1.807) is 0 Å². The zero-order chi connectivity index (χ0) is 13.0. The Morgan fingerprint density at radius 2 is 2.33 bits per heavy atom. The van der Waals surface area contributed by atoms with Crippen LogP contribution in [0, 0.1) is 11.3 Å². The Bertz CT molecular complexity index is 466. The van der Waals surface area contributed by atoms with Crippen LogP contribution in [0.5, 0.6) is 0 Å². The standard InChI is InChI=1S/C12H14N4O2/c1-18-12(17)10-4-2-3-5-16(10)11-8-14-9(6-13)7-15-11/h7-8,10H,2-5H2,1H3. The highest BCUT2D eigenvalue weighted by Gasteiger charge is 2.30. The summed E-state index contributed by atoms with van der Waals surface area (Å²) in [6.45, 7) is 0.750. The lowest BCUT2D eigenvalue weighted by molar-refractivity contribution is -0.142. The number of nitriles is 1. The summed E-state index contributed by atoms with van der Waals surface area (Å²) in [7, 11) is 1.39. The summed E-state index contributed by atoms with van der Waals surface area (Å²) < 4.78 is 4.81. The number of methoxy groups -OCH3 is 1. The van der Waals surface area contributed by atoms with E-state index >= 15 is 0 Å². The Balaban J connectivity index is 2.22. The molecule has 0 saturated carbocycles. The molecule has 0 aromatic carbocycles. The second kappa shape index (κ2) is 5.45. The second-order valence-electron chi connectivity index (χ2n) is 4.10. The summed E-state index contributed by atoms with van der Waals surface area (Å²) in [5.74, 6) is 0.366. The maximum Gasteiger partial charge on any atom is 0.328 e. The third-order valence-corrected chi connectivity index (χ3v) is 3.02. The first-order valence-electron chi connectivity index (χ1n) is 5.83. The van der Waals surface area contributed by atoms with Gasteiger partial charge in [-0.25, -0.2) is 14.8 Å². The fraction of sp³-hybridized carbons (Fsp3) is 0.500. The van der Waals surface area contributed by atoms with E-state index in [0.29, 0.717) is 5.82 Å². The summed E-state index contributed by atoms with van der Waals surface area (Å²) in [6, 6.07) is 1.62. The number of carbonyl (C=O) groups is 1. The fourth-order valence-electron chi connectivity index (χ4n) is 2.11. The van der Waals surface area contributed by atoms with Gasteiger partial charge in [-0.05, 0) is 19.3 Å². The second-order valence-corrected chi connectivity index (χ2v) is 4.10. The van der Waals surface area contributed by atoms with Gasteiger partial charge in [0.2, 0.25) is 0 Å². The van der Waals surface area contributed by atoms with Crippen molar-refractivity contribution in [2.45, 2.75) is 25.3 Å². The molecule has 1 aromatic heterocycles. The monoisotopic (exact) mass is 246 g/mol. The van der Waals surface area contributed by atoms with Crippen LogP contribution in [0.1, 0.15) is 25.0 Å². The van der Waals surface area contributed by atoms with Gasteiger partial charge in [-0.3, -0.25) is 0 Å². The normalized spacial score (nSPS) is 19.1. The summed E-state index contributed by atoms with van der Waals surface area (Å²) in [5, 5.41) is 8.68. The van der Waals surface area contributed by atoms with Crippen molar-refractivity contribution >= 4 is 11.8 Å². The lowest BCUT2D eigenvalue weighted by atomic mass is 10.0. The van der Waals surface area contributed by atoms with Gasteiger partial charge in [0.25, 0.3) is 0 Å². The predicted octanol–water partition coefficient (Wildman–Crippen LogP) is 0.880. The number of nitrogens with zero attached hydrogens (tertiary/aromatic N) is 4. The third-order valence-electron chi connectivity index (χ3n) is 3.02. The van der Waals surface area contributed by atoms with Crippen LogP contribution in [0.15, 0.2) is 12.4 Å². The van der Waals surface area contributed by atoms with Crippen molar-refractivity contribution < 1.29 is 9.53 Å². The molecule has 0 N–H and O–H groups in total. The number of anilines is 1. The molecule has 1 aliphatic heterocycles. The molecular formula is C12H14N4O2. The van der Waals surface area contributed by atoms with Gasteiger partial charge in [0.15, 0.2) is 5.69 Å². The largest absolute Gasteiger partial charge is 0.467 e. The minimum Gasteiger partial charge on any atom is -0.467 e. The summed E-state index contributed by atoms with van der Waals surface area (Å²) in [4.78, 5) is 21.7. The molecule has 2 heterocycles. The molecule has 1 aliphatic rings. The number of hydrogen-bond donors (Lipinski definition) is 0. The molecule has 0 spiro atoms. The topological polar surface area (TPSA) is 79.1 Å². The van der Waals surface area contributed by atoms with Gasteiger partial charge in [0.05, 0.1) is 19.5 Å². The van der Waals surface area contributed by atoms with E-state index in [1.807, 2.05) is 11.0 Å². The minimum absolute atomic E-state index is 0.249.